The Bertz CT molecular complexity index is 78.3. The molecule has 0 saturated heterocycles. The van der Waals surface area contributed by atoms with Gasteiger partial charge in [0.15, 0.2) is 0 Å². The second-order valence-electron chi connectivity index (χ2n) is 4.96. The van der Waals surface area contributed by atoms with Crippen LogP contribution in [-0.4, -0.2) is 15.0 Å². The van der Waals surface area contributed by atoms with Crippen molar-refractivity contribution in [1.29, 1.82) is 0 Å². The van der Waals surface area contributed by atoms with Gasteiger partial charge < -0.3 is 0 Å². The summed E-state index contributed by atoms with van der Waals surface area (Å²) in [6.45, 7) is 14.0. The van der Waals surface area contributed by atoms with Gasteiger partial charge in [0.25, 0.3) is 0 Å². The molecule has 0 saturated carbocycles. The van der Waals surface area contributed by atoms with Gasteiger partial charge in [-0.25, -0.2) is 0 Å². The third-order valence-corrected chi connectivity index (χ3v) is 4.87. The molecule has 10 heavy (non-hydrogen) atoms. The summed E-state index contributed by atoms with van der Waals surface area (Å²) in [5.74, 6) is 0. The van der Waals surface area contributed by atoms with Gasteiger partial charge in [0.2, 0.25) is 0 Å². The Balaban J connectivity index is 3.56. The third kappa shape index (κ3) is 8.52. The first kappa shape index (κ1) is 10.5. The summed E-state index contributed by atoms with van der Waals surface area (Å²) in [5.41, 5.74) is 0.535. The molecule has 0 heterocycles. The average Bonchev–Trinajstić information content (AvgIpc) is 1.57. The Morgan fingerprint density at radius 1 is 0.900 bits per heavy atom. The van der Waals surface area contributed by atoms with Gasteiger partial charge in [0, 0.05) is 0 Å². The van der Waals surface area contributed by atoms with E-state index in [1.54, 1.807) is 0 Å². The summed E-state index contributed by atoms with van der Waals surface area (Å²) in [6.07, 6.45) is 0. The molecule has 0 unspecified atom stereocenters. The monoisotopic (exact) mass is 208 g/mol. The van der Waals surface area contributed by atoms with Crippen LogP contribution in [-0.2, 0) is 0 Å². The number of hydrogen-bond acceptors (Lipinski definition) is 0. The van der Waals surface area contributed by atoms with Crippen LogP contribution in [0.5, 0.6) is 0 Å². The molecule has 0 N–H and O–H groups in total. The minimum atomic E-state index is 0.535. The Kier molecular flexibility index (Phi) is 3.45. The Labute approximate surface area is 71.9 Å². The van der Waals surface area contributed by atoms with Crippen LogP contribution in [0.15, 0.2) is 0 Å². The maximum absolute atomic E-state index is 2.33. The van der Waals surface area contributed by atoms with Gasteiger partial charge in [-0.05, 0) is 0 Å². The molecule has 0 aliphatic carbocycles. The molecular formula is C9H20Se. The quantitative estimate of drug-likeness (QED) is 0.578. The first-order chi connectivity index (χ1) is 4.21. The predicted octanol–water partition coefficient (Wildman–Crippen LogP) is 3.37. The Morgan fingerprint density at radius 3 is 1.40 bits per heavy atom. The molecule has 0 aliphatic heterocycles. The molecular weight excluding hydrogens is 187 g/mol. The molecule has 0 aliphatic rings. The molecule has 0 radical (unpaired) electrons. The van der Waals surface area contributed by atoms with E-state index in [4.69, 9.17) is 0 Å². The van der Waals surface area contributed by atoms with Gasteiger partial charge >= 0.3 is 71.5 Å². The van der Waals surface area contributed by atoms with E-state index in [1.165, 1.54) is 5.32 Å². The van der Waals surface area contributed by atoms with Crippen LogP contribution in [0, 0.1) is 5.41 Å². The zero-order valence-electron chi connectivity index (χ0n) is 8.12. The fourth-order valence-corrected chi connectivity index (χ4v) is 2.25. The molecule has 0 fully saturated rings. The van der Waals surface area contributed by atoms with Crippen LogP contribution in [0.3, 0.4) is 0 Å². The number of hydrogen-bond donors (Lipinski definition) is 0. The van der Waals surface area contributed by atoms with Gasteiger partial charge in [-0.1, -0.05) is 0 Å². The van der Waals surface area contributed by atoms with Gasteiger partial charge in [-0.3, -0.25) is 0 Å². The van der Waals surface area contributed by atoms with Gasteiger partial charge in [-0.15, -0.1) is 0 Å². The van der Waals surface area contributed by atoms with Crippen LogP contribution < -0.4 is 0 Å². The predicted molar refractivity (Wildman–Crippen MR) is 49.7 cm³/mol. The standard InChI is InChI=1S/C9H20Se/c1-8(2,3)7-10-9(4,5)6/h7H2,1-6H3. The average molecular weight is 207 g/mol. The van der Waals surface area contributed by atoms with Crippen molar-refractivity contribution in [1.82, 2.24) is 0 Å². The SMILES string of the molecule is CC(C)(C)C[Se]C(C)(C)C. The molecule has 62 valence electrons. The van der Waals surface area contributed by atoms with Crippen LogP contribution in [0.2, 0.25) is 9.63 Å². The van der Waals surface area contributed by atoms with Crippen molar-refractivity contribution in [3.8, 4) is 0 Å². The second-order valence-corrected chi connectivity index (χ2v) is 8.74. The second kappa shape index (κ2) is 3.28. The Morgan fingerprint density at radius 2 is 1.30 bits per heavy atom. The van der Waals surface area contributed by atoms with Crippen molar-refractivity contribution in [2.45, 2.75) is 51.2 Å². The zero-order valence-corrected chi connectivity index (χ0v) is 9.83. The van der Waals surface area contributed by atoms with Crippen molar-refractivity contribution in [2.75, 3.05) is 0 Å². The normalized spacial score (nSPS) is 13.8. The van der Waals surface area contributed by atoms with E-state index in [1.807, 2.05) is 0 Å². The topological polar surface area (TPSA) is 0 Å². The van der Waals surface area contributed by atoms with E-state index >= 15 is 0 Å². The van der Waals surface area contributed by atoms with Crippen LogP contribution >= 0.6 is 0 Å². The summed E-state index contributed by atoms with van der Waals surface area (Å²) in [5, 5.41) is 1.39. The van der Waals surface area contributed by atoms with Crippen molar-refractivity contribution >= 4 is 15.0 Å². The fraction of sp³-hybridized carbons (Fsp3) is 1.00. The summed E-state index contributed by atoms with van der Waals surface area (Å²) < 4.78 is 0.570. The Hall–Kier alpha value is 0.519. The van der Waals surface area contributed by atoms with Gasteiger partial charge in [-0.2, -0.15) is 0 Å². The molecule has 0 aromatic carbocycles. The maximum atomic E-state index is 2.33. The molecule has 0 bridgehead atoms. The van der Waals surface area contributed by atoms with Gasteiger partial charge in [0.1, 0.15) is 0 Å². The van der Waals surface area contributed by atoms with E-state index in [-0.39, 0.29) is 0 Å². The molecule has 1 heteroatoms. The first-order valence-electron chi connectivity index (χ1n) is 3.85. The molecule has 0 atom stereocenters. The summed E-state index contributed by atoms with van der Waals surface area (Å²) >= 11 is 0.797. The van der Waals surface area contributed by atoms with Crippen molar-refractivity contribution in [2.24, 2.45) is 5.41 Å². The molecule has 0 spiro atoms. The van der Waals surface area contributed by atoms with Crippen LogP contribution in [0.25, 0.3) is 0 Å². The summed E-state index contributed by atoms with van der Waals surface area (Å²) in [6, 6.07) is 0. The first-order valence-corrected chi connectivity index (χ1v) is 5.91. The molecule has 0 rings (SSSR count). The van der Waals surface area contributed by atoms with E-state index in [0.29, 0.717) is 9.73 Å². The van der Waals surface area contributed by atoms with Crippen LogP contribution in [0.4, 0.5) is 0 Å². The molecule has 0 aromatic rings. The third-order valence-electron chi connectivity index (χ3n) is 0.938. The van der Waals surface area contributed by atoms with E-state index in [2.05, 4.69) is 41.5 Å². The summed E-state index contributed by atoms with van der Waals surface area (Å²) in [4.78, 5) is 0. The van der Waals surface area contributed by atoms with Crippen LogP contribution in [0.1, 0.15) is 41.5 Å². The van der Waals surface area contributed by atoms with E-state index in [9.17, 15) is 0 Å². The summed E-state index contributed by atoms with van der Waals surface area (Å²) in [7, 11) is 0. The fourth-order valence-electron chi connectivity index (χ4n) is 0.433. The number of rotatable bonds is 1. The van der Waals surface area contributed by atoms with Crippen molar-refractivity contribution in [3.63, 3.8) is 0 Å². The molecule has 0 aromatic heterocycles. The zero-order chi connectivity index (χ0) is 8.41. The minimum absolute atomic E-state index is 0.535. The van der Waals surface area contributed by atoms with Crippen molar-refractivity contribution in [3.05, 3.63) is 0 Å². The van der Waals surface area contributed by atoms with E-state index < -0.39 is 0 Å². The van der Waals surface area contributed by atoms with E-state index in [0.717, 1.165) is 15.0 Å². The molecule has 0 nitrogen and oxygen atoms in total. The van der Waals surface area contributed by atoms with Gasteiger partial charge in [0.05, 0.1) is 0 Å². The van der Waals surface area contributed by atoms with Crippen molar-refractivity contribution < 1.29 is 0 Å². The molecule has 0 amide bonds.